The normalized spacial score (nSPS) is 11.5. The Morgan fingerprint density at radius 2 is 1.71 bits per heavy atom. The second-order valence-electron chi connectivity index (χ2n) is 3.83. The molecule has 82 valence electrons. The molecule has 0 aliphatic rings. The zero-order valence-electron chi connectivity index (χ0n) is 8.77. The van der Waals surface area contributed by atoms with Crippen molar-refractivity contribution in [3.63, 3.8) is 0 Å². The number of aromatic amines is 2. The van der Waals surface area contributed by atoms with E-state index in [2.05, 4.69) is 19.9 Å². The van der Waals surface area contributed by atoms with Gasteiger partial charge in [-0.05, 0) is 23.6 Å². The Hall–Kier alpha value is -2.14. The monoisotopic (exact) mass is 240 g/mol. The summed E-state index contributed by atoms with van der Waals surface area (Å²) in [5, 5.41) is 2.02. The maximum Gasteiger partial charge on any atom is 0.175 e. The summed E-state index contributed by atoms with van der Waals surface area (Å²) in [5.41, 5.74) is 3.05. The first kappa shape index (κ1) is 8.95. The molecule has 0 unspecified atom stereocenters. The van der Waals surface area contributed by atoms with E-state index < -0.39 is 0 Å². The zero-order valence-corrected chi connectivity index (χ0v) is 9.58. The fourth-order valence-electron chi connectivity index (χ4n) is 1.92. The predicted molar refractivity (Wildman–Crippen MR) is 69.1 cm³/mol. The SMILES string of the molecule is c1ccc2[nH]c(-c3nc4sccc4[nH]3)nc2c1. The van der Waals surface area contributed by atoms with Crippen LogP contribution in [0.4, 0.5) is 0 Å². The Labute approximate surface area is 100 Å². The molecule has 0 amide bonds. The van der Waals surface area contributed by atoms with Crippen LogP contribution in [-0.2, 0) is 0 Å². The molecule has 3 aromatic heterocycles. The number of para-hydroxylation sites is 2. The van der Waals surface area contributed by atoms with Crippen LogP contribution in [-0.4, -0.2) is 19.9 Å². The summed E-state index contributed by atoms with van der Waals surface area (Å²) >= 11 is 1.63. The second kappa shape index (κ2) is 3.18. The van der Waals surface area contributed by atoms with Crippen molar-refractivity contribution < 1.29 is 0 Å². The van der Waals surface area contributed by atoms with Crippen LogP contribution in [0, 0.1) is 0 Å². The molecule has 0 spiro atoms. The molecule has 1 aromatic carbocycles. The molecular weight excluding hydrogens is 232 g/mol. The van der Waals surface area contributed by atoms with Crippen LogP contribution >= 0.6 is 11.3 Å². The second-order valence-corrected chi connectivity index (χ2v) is 4.72. The minimum absolute atomic E-state index is 0.787. The fraction of sp³-hybridized carbons (Fsp3) is 0. The Bertz CT molecular complexity index is 746. The third-order valence-electron chi connectivity index (χ3n) is 2.72. The quantitative estimate of drug-likeness (QED) is 0.537. The topological polar surface area (TPSA) is 57.4 Å². The smallest absolute Gasteiger partial charge is 0.175 e. The van der Waals surface area contributed by atoms with Gasteiger partial charge in [-0.1, -0.05) is 12.1 Å². The van der Waals surface area contributed by atoms with Gasteiger partial charge in [0.05, 0.1) is 16.6 Å². The van der Waals surface area contributed by atoms with Crippen LogP contribution in [0.1, 0.15) is 0 Å². The van der Waals surface area contributed by atoms with Crippen molar-refractivity contribution >= 4 is 32.7 Å². The van der Waals surface area contributed by atoms with Gasteiger partial charge in [-0.2, -0.15) is 0 Å². The molecule has 3 heterocycles. The highest BCUT2D eigenvalue weighted by molar-refractivity contribution is 7.16. The zero-order chi connectivity index (χ0) is 11.2. The van der Waals surface area contributed by atoms with E-state index in [0.717, 1.165) is 33.0 Å². The summed E-state index contributed by atoms with van der Waals surface area (Å²) < 4.78 is 0. The van der Waals surface area contributed by atoms with E-state index in [0.29, 0.717) is 0 Å². The minimum Gasteiger partial charge on any atom is -0.335 e. The largest absolute Gasteiger partial charge is 0.335 e. The van der Waals surface area contributed by atoms with Crippen molar-refractivity contribution in [3.05, 3.63) is 35.7 Å². The molecule has 2 N–H and O–H groups in total. The molecule has 4 rings (SSSR count). The molecule has 4 aromatic rings. The number of nitrogens with one attached hydrogen (secondary N) is 2. The highest BCUT2D eigenvalue weighted by Crippen LogP contribution is 2.23. The van der Waals surface area contributed by atoms with Crippen molar-refractivity contribution in [1.82, 2.24) is 19.9 Å². The van der Waals surface area contributed by atoms with Gasteiger partial charge < -0.3 is 9.97 Å². The van der Waals surface area contributed by atoms with Crippen molar-refractivity contribution in [2.75, 3.05) is 0 Å². The molecule has 5 heteroatoms. The van der Waals surface area contributed by atoms with E-state index in [4.69, 9.17) is 0 Å². The van der Waals surface area contributed by atoms with E-state index in [1.165, 1.54) is 0 Å². The number of thiophene rings is 1. The molecule has 0 bridgehead atoms. The number of aromatic nitrogens is 4. The predicted octanol–water partition coefficient (Wildman–Crippen LogP) is 3.17. The first-order chi connectivity index (χ1) is 8.40. The highest BCUT2D eigenvalue weighted by atomic mass is 32.1. The van der Waals surface area contributed by atoms with E-state index in [1.54, 1.807) is 11.3 Å². The first-order valence-corrected chi connectivity index (χ1v) is 6.16. The molecule has 17 heavy (non-hydrogen) atoms. The van der Waals surface area contributed by atoms with E-state index in [1.807, 2.05) is 35.7 Å². The van der Waals surface area contributed by atoms with Crippen LogP contribution < -0.4 is 0 Å². The van der Waals surface area contributed by atoms with Gasteiger partial charge in [0.1, 0.15) is 4.83 Å². The number of imidazole rings is 2. The van der Waals surface area contributed by atoms with E-state index in [9.17, 15) is 0 Å². The lowest BCUT2D eigenvalue weighted by molar-refractivity contribution is 1.23. The summed E-state index contributed by atoms with van der Waals surface area (Å²) in [6.07, 6.45) is 0. The van der Waals surface area contributed by atoms with Gasteiger partial charge in [-0.25, -0.2) is 9.97 Å². The van der Waals surface area contributed by atoms with Gasteiger partial charge in [-0.3, -0.25) is 0 Å². The lowest BCUT2D eigenvalue weighted by atomic mass is 10.3. The summed E-state index contributed by atoms with van der Waals surface area (Å²) in [4.78, 5) is 16.6. The standard InChI is InChI=1S/C12H8N4S/c1-2-4-8-7(3-1)13-10(14-8)11-15-9-5-6-17-12(9)16-11/h1-6H,(H,13,14)(H,15,16). The molecule has 0 aliphatic carbocycles. The van der Waals surface area contributed by atoms with Gasteiger partial charge >= 0.3 is 0 Å². The molecule has 0 saturated carbocycles. The van der Waals surface area contributed by atoms with Gasteiger partial charge in [0.2, 0.25) is 0 Å². The van der Waals surface area contributed by atoms with Gasteiger partial charge in [0.15, 0.2) is 11.6 Å². The molecule has 0 saturated heterocycles. The fourth-order valence-corrected chi connectivity index (χ4v) is 2.64. The molecule has 0 radical (unpaired) electrons. The van der Waals surface area contributed by atoms with Crippen molar-refractivity contribution in [3.8, 4) is 11.6 Å². The van der Waals surface area contributed by atoms with Crippen molar-refractivity contribution in [2.45, 2.75) is 0 Å². The average molecular weight is 240 g/mol. The minimum atomic E-state index is 0.787. The van der Waals surface area contributed by atoms with Crippen LogP contribution in [0.2, 0.25) is 0 Å². The number of rotatable bonds is 1. The number of benzene rings is 1. The summed E-state index contributed by atoms with van der Waals surface area (Å²) in [7, 11) is 0. The third-order valence-corrected chi connectivity index (χ3v) is 3.53. The summed E-state index contributed by atoms with van der Waals surface area (Å²) in [6.45, 7) is 0. The van der Waals surface area contributed by atoms with Crippen molar-refractivity contribution in [1.29, 1.82) is 0 Å². The van der Waals surface area contributed by atoms with Crippen LogP contribution in [0.25, 0.3) is 33.0 Å². The lowest BCUT2D eigenvalue weighted by Gasteiger charge is -1.86. The Kier molecular flexibility index (Phi) is 1.67. The Balaban J connectivity index is 1.95. The molecule has 0 fully saturated rings. The summed E-state index contributed by atoms with van der Waals surface area (Å²) in [6, 6.07) is 10.00. The van der Waals surface area contributed by atoms with Crippen LogP contribution in [0.3, 0.4) is 0 Å². The average Bonchev–Trinajstić information content (AvgIpc) is 3.01. The van der Waals surface area contributed by atoms with Crippen molar-refractivity contribution in [2.24, 2.45) is 0 Å². The first-order valence-electron chi connectivity index (χ1n) is 5.28. The summed E-state index contributed by atoms with van der Waals surface area (Å²) in [5.74, 6) is 1.58. The van der Waals surface area contributed by atoms with Gasteiger partial charge in [0.25, 0.3) is 0 Å². The van der Waals surface area contributed by atoms with E-state index >= 15 is 0 Å². The van der Waals surface area contributed by atoms with Crippen LogP contribution in [0.5, 0.6) is 0 Å². The van der Waals surface area contributed by atoms with Crippen LogP contribution in [0.15, 0.2) is 35.7 Å². The number of H-pyrrole nitrogens is 2. The molecule has 0 atom stereocenters. The number of nitrogens with zero attached hydrogens (tertiary/aromatic N) is 2. The Morgan fingerprint density at radius 3 is 2.59 bits per heavy atom. The molecule has 0 aliphatic heterocycles. The number of fused-ring (bicyclic) bond motifs is 2. The van der Waals surface area contributed by atoms with Gasteiger partial charge in [-0.15, -0.1) is 11.3 Å². The maximum absolute atomic E-state index is 4.51. The van der Waals surface area contributed by atoms with E-state index in [-0.39, 0.29) is 0 Å². The number of hydrogen-bond acceptors (Lipinski definition) is 3. The van der Waals surface area contributed by atoms with Gasteiger partial charge in [0, 0.05) is 0 Å². The highest BCUT2D eigenvalue weighted by Gasteiger charge is 2.09. The molecule has 4 nitrogen and oxygen atoms in total. The molecular formula is C12H8N4S. The number of hydrogen-bond donors (Lipinski definition) is 2. The Morgan fingerprint density at radius 1 is 0.882 bits per heavy atom. The third kappa shape index (κ3) is 1.29. The lowest BCUT2D eigenvalue weighted by Crippen LogP contribution is -1.81. The maximum atomic E-state index is 4.51.